The molecule has 26 heavy (non-hydrogen) atoms. The fourth-order valence-electron chi connectivity index (χ4n) is 4.79. The van der Waals surface area contributed by atoms with Crippen molar-refractivity contribution in [1.29, 1.82) is 0 Å². The van der Waals surface area contributed by atoms with Crippen LogP contribution in [0, 0.1) is 5.92 Å². The van der Waals surface area contributed by atoms with Crippen LogP contribution < -0.4 is 0 Å². The molecule has 2 heterocycles. The van der Waals surface area contributed by atoms with Crippen LogP contribution in [0.1, 0.15) is 43.2 Å². The number of benzene rings is 2. The van der Waals surface area contributed by atoms with Crippen LogP contribution >= 0.6 is 22.6 Å². The Morgan fingerprint density at radius 1 is 0.846 bits per heavy atom. The number of fused-ring (bicyclic) bond motifs is 1. The van der Waals surface area contributed by atoms with Crippen LogP contribution in [-0.4, -0.2) is 34.1 Å². The van der Waals surface area contributed by atoms with Gasteiger partial charge in [-0.15, -0.1) is 0 Å². The summed E-state index contributed by atoms with van der Waals surface area (Å²) in [5.74, 6) is 0.279. The molecule has 0 radical (unpaired) electrons. The molecule has 1 N–H and O–H groups in total. The summed E-state index contributed by atoms with van der Waals surface area (Å²) in [7, 11) is 0. The number of piperidine rings is 2. The van der Waals surface area contributed by atoms with Crippen LogP contribution in [0.15, 0.2) is 60.7 Å². The number of halogens is 1. The molecule has 0 aromatic heterocycles. The summed E-state index contributed by atoms with van der Waals surface area (Å²) >= 11 is 2.15. The molecule has 4 rings (SSSR count). The van der Waals surface area contributed by atoms with Crippen molar-refractivity contribution in [2.45, 2.75) is 43.7 Å². The SMILES string of the molecule is CI.OC(c1ccccc1)(c1ccccc1)C1CCN2CCCCC2C1. The van der Waals surface area contributed by atoms with Crippen LogP contribution in [0.5, 0.6) is 0 Å². The van der Waals surface area contributed by atoms with Crippen LogP contribution in [0.25, 0.3) is 0 Å². The second kappa shape index (κ2) is 9.34. The topological polar surface area (TPSA) is 23.5 Å². The number of nitrogens with zero attached hydrogens (tertiary/aromatic N) is 1. The zero-order valence-electron chi connectivity index (χ0n) is 15.7. The van der Waals surface area contributed by atoms with Crippen molar-refractivity contribution in [1.82, 2.24) is 4.90 Å². The molecule has 2 fully saturated rings. The lowest BCUT2D eigenvalue weighted by molar-refractivity contribution is -0.0379. The molecule has 2 atom stereocenters. The van der Waals surface area contributed by atoms with E-state index in [1.165, 1.54) is 25.8 Å². The molecule has 2 unspecified atom stereocenters. The molecule has 0 spiro atoms. The van der Waals surface area contributed by atoms with Crippen LogP contribution in [0.3, 0.4) is 0 Å². The van der Waals surface area contributed by atoms with Gasteiger partial charge in [0.2, 0.25) is 0 Å². The van der Waals surface area contributed by atoms with Gasteiger partial charge < -0.3 is 10.0 Å². The van der Waals surface area contributed by atoms with Gasteiger partial charge in [-0.1, -0.05) is 89.7 Å². The third-order valence-corrected chi connectivity index (χ3v) is 6.09. The molecule has 0 aliphatic carbocycles. The van der Waals surface area contributed by atoms with E-state index in [2.05, 4.69) is 51.8 Å². The summed E-state index contributed by atoms with van der Waals surface area (Å²) in [6.07, 6.45) is 6.12. The summed E-state index contributed by atoms with van der Waals surface area (Å²) < 4.78 is 0. The van der Waals surface area contributed by atoms with Gasteiger partial charge in [0.1, 0.15) is 5.60 Å². The largest absolute Gasteiger partial charge is 0.380 e. The molecule has 2 aromatic rings. The summed E-state index contributed by atoms with van der Waals surface area (Å²) in [5, 5.41) is 12.0. The Morgan fingerprint density at radius 2 is 1.42 bits per heavy atom. The third kappa shape index (κ3) is 4.00. The van der Waals surface area contributed by atoms with Crippen molar-refractivity contribution in [3.8, 4) is 0 Å². The second-order valence-corrected chi connectivity index (χ2v) is 7.41. The summed E-state index contributed by atoms with van der Waals surface area (Å²) in [5.41, 5.74) is 1.18. The van der Waals surface area contributed by atoms with E-state index < -0.39 is 5.60 Å². The van der Waals surface area contributed by atoms with Gasteiger partial charge in [-0.3, -0.25) is 0 Å². The van der Waals surface area contributed by atoms with E-state index in [-0.39, 0.29) is 5.92 Å². The Morgan fingerprint density at radius 3 is 2.00 bits per heavy atom. The highest BCUT2D eigenvalue weighted by atomic mass is 127. The fraction of sp³-hybridized carbons (Fsp3) is 0.478. The molecule has 0 amide bonds. The maximum atomic E-state index is 12.0. The number of alkyl halides is 1. The fourth-order valence-corrected chi connectivity index (χ4v) is 4.79. The van der Waals surface area contributed by atoms with Crippen molar-refractivity contribution >= 4 is 22.6 Å². The average molecular weight is 463 g/mol. The molecule has 2 aliphatic heterocycles. The highest BCUT2D eigenvalue weighted by Crippen LogP contribution is 2.44. The maximum absolute atomic E-state index is 12.0. The standard InChI is InChI=1S/C22H27NO.CH3I/c24-22(18-9-3-1-4-10-18,19-11-5-2-6-12-19)20-14-16-23-15-8-7-13-21(23)17-20;1-2/h1-6,9-12,20-21,24H,7-8,13-17H2;1H3. The van der Waals surface area contributed by atoms with Gasteiger partial charge in [0.05, 0.1) is 0 Å². The maximum Gasteiger partial charge on any atom is 0.117 e. The molecule has 2 nitrogen and oxygen atoms in total. The minimum Gasteiger partial charge on any atom is -0.380 e. The normalized spacial score (nSPS) is 23.5. The van der Waals surface area contributed by atoms with Crippen LogP contribution in [0.4, 0.5) is 0 Å². The number of hydrogen-bond donors (Lipinski definition) is 1. The van der Waals surface area contributed by atoms with Crippen LogP contribution in [-0.2, 0) is 5.60 Å². The molecule has 0 bridgehead atoms. The predicted octanol–water partition coefficient (Wildman–Crippen LogP) is 5.24. The van der Waals surface area contributed by atoms with Crippen LogP contribution in [0.2, 0.25) is 0 Å². The molecule has 2 aromatic carbocycles. The number of hydrogen-bond acceptors (Lipinski definition) is 2. The van der Waals surface area contributed by atoms with E-state index in [0.29, 0.717) is 6.04 Å². The van der Waals surface area contributed by atoms with Gasteiger partial charge in [-0.25, -0.2) is 0 Å². The molecule has 2 aliphatic rings. The molecular formula is C23H30INO. The highest BCUT2D eigenvalue weighted by molar-refractivity contribution is 14.1. The number of rotatable bonds is 3. The van der Waals surface area contributed by atoms with E-state index in [0.717, 1.165) is 30.5 Å². The molecule has 2 saturated heterocycles. The summed E-state index contributed by atoms with van der Waals surface area (Å²) in [6, 6.07) is 21.2. The Bertz CT molecular complexity index is 621. The van der Waals surface area contributed by atoms with E-state index in [1.54, 1.807) is 0 Å². The predicted molar refractivity (Wildman–Crippen MR) is 118 cm³/mol. The monoisotopic (exact) mass is 463 g/mol. The Labute approximate surface area is 171 Å². The molecule has 3 heteroatoms. The van der Waals surface area contributed by atoms with E-state index >= 15 is 0 Å². The Kier molecular flexibility index (Phi) is 7.12. The first-order valence-electron chi connectivity index (χ1n) is 9.74. The molecular weight excluding hydrogens is 433 g/mol. The van der Waals surface area contributed by atoms with Gasteiger partial charge in [-0.2, -0.15) is 0 Å². The van der Waals surface area contributed by atoms with Crippen molar-refractivity contribution in [2.75, 3.05) is 18.0 Å². The summed E-state index contributed by atoms with van der Waals surface area (Å²) in [4.78, 5) is 4.62. The Hall–Kier alpha value is -0.910. The first kappa shape index (κ1) is 19.8. The first-order chi connectivity index (χ1) is 12.8. The Balaban J connectivity index is 0.000000948. The smallest absolute Gasteiger partial charge is 0.117 e. The minimum atomic E-state index is -0.883. The summed E-state index contributed by atoms with van der Waals surface area (Å²) in [6.45, 7) is 2.36. The lowest BCUT2D eigenvalue weighted by Crippen LogP contribution is -2.50. The third-order valence-electron chi connectivity index (χ3n) is 6.09. The lowest BCUT2D eigenvalue weighted by atomic mass is 9.69. The van der Waals surface area contributed by atoms with E-state index in [4.69, 9.17) is 0 Å². The quantitative estimate of drug-likeness (QED) is 0.497. The molecule has 140 valence electrons. The first-order valence-corrected chi connectivity index (χ1v) is 11.9. The van der Waals surface area contributed by atoms with Crippen molar-refractivity contribution < 1.29 is 5.11 Å². The van der Waals surface area contributed by atoms with Crippen molar-refractivity contribution in [3.63, 3.8) is 0 Å². The second-order valence-electron chi connectivity index (χ2n) is 7.41. The number of aliphatic hydroxyl groups is 1. The van der Waals surface area contributed by atoms with Gasteiger partial charge in [-0.05, 0) is 60.7 Å². The van der Waals surface area contributed by atoms with Gasteiger partial charge in [0.15, 0.2) is 0 Å². The molecule has 0 saturated carbocycles. The highest BCUT2D eigenvalue weighted by Gasteiger charge is 2.44. The zero-order valence-corrected chi connectivity index (χ0v) is 17.8. The van der Waals surface area contributed by atoms with Gasteiger partial charge >= 0.3 is 0 Å². The minimum absolute atomic E-state index is 0.279. The van der Waals surface area contributed by atoms with Gasteiger partial charge in [0, 0.05) is 6.04 Å². The lowest BCUT2D eigenvalue weighted by Gasteiger charge is -2.47. The van der Waals surface area contributed by atoms with E-state index in [9.17, 15) is 5.11 Å². The van der Waals surface area contributed by atoms with E-state index in [1.807, 2.05) is 41.3 Å². The zero-order chi connectivity index (χ0) is 18.4. The van der Waals surface area contributed by atoms with Crippen molar-refractivity contribution in [3.05, 3.63) is 71.8 Å². The van der Waals surface area contributed by atoms with Crippen molar-refractivity contribution in [2.24, 2.45) is 5.92 Å². The van der Waals surface area contributed by atoms with Gasteiger partial charge in [0.25, 0.3) is 0 Å². The average Bonchev–Trinajstić information content (AvgIpc) is 2.75.